The molecular weight excluding hydrogens is 349 g/mol. The molecule has 0 spiro atoms. The summed E-state index contributed by atoms with van der Waals surface area (Å²) in [6.45, 7) is 0.650. The monoisotopic (exact) mass is 377 g/mol. The van der Waals surface area contributed by atoms with Gasteiger partial charge in [-0.1, -0.05) is 12.1 Å². The summed E-state index contributed by atoms with van der Waals surface area (Å²) in [6.07, 6.45) is 7.04. The molecule has 0 aliphatic heterocycles. The van der Waals surface area contributed by atoms with Gasteiger partial charge in [-0.25, -0.2) is 9.18 Å². The van der Waals surface area contributed by atoms with Crippen molar-refractivity contribution in [1.82, 2.24) is 0 Å². The van der Waals surface area contributed by atoms with Crippen molar-refractivity contribution < 1.29 is 23.8 Å². The molecule has 0 heterocycles. The number of fused-ring (bicyclic) bond motifs is 3. The van der Waals surface area contributed by atoms with E-state index in [9.17, 15) is 9.18 Å². The molecule has 0 saturated heterocycles. The van der Waals surface area contributed by atoms with Gasteiger partial charge in [0.15, 0.2) is 0 Å². The van der Waals surface area contributed by atoms with Crippen molar-refractivity contribution in [3.8, 4) is 5.75 Å². The lowest BCUT2D eigenvalue weighted by Gasteiger charge is -2.53. The fraction of sp³-hybridized carbons (Fsp3) is 0.571. The van der Waals surface area contributed by atoms with E-state index < -0.39 is 5.97 Å². The molecule has 3 saturated carbocycles. The number of nitrogens with two attached hydrogens (primary N) is 1. The van der Waals surface area contributed by atoms with Crippen LogP contribution >= 0.6 is 0 Å². The summed E-state index contributed by atoms with van der Waals surface area (Å²) in [5.41, 5.74) is 7.55. The van der Waals surface area contributed by atoms with Crippen LogP contribution in [0.4, 0.5) is 4.39 Å². The SMILES string of the molecule is NC/C(=C\F)COc1ccc(C23CCC(COCC(=O)O)(CC2)CC3)cc1. The summed E-state index contributed by atoms with van der Waals surface area (Å²) in [5, 5.41) is 8.76. The van der Waals surface area contributed by atoms with Gasteiger partial charge in [0.25, 0.3) is 0 Å². The summed E-state index contributed by atoms with van der Waals surface area (Å²) >= 11 is 0. The molecule has 2 bridgehead atoms. The number of ether oxygens (including phenoxy) is 2. The molecule has 0 atom stereocenters. The summed E-state index contributed by atoms with van der Waals surface area (Å²) in [6, 6.07) is 8.14. The number of aliphatic carboxylic acids is 1. The highest BCUT2D eigenvalue weighted by molar-refractivity contribution is 5.68. The Balaban J connectivity index is 1.58. The Kier molecular flexibility index (Phi) is 6.17. The molecule has 148 valence electrons. The number of hydrogen-bond acceptors (Lipinski definition) is 4. The minimum atomic E-state index is -0.907. The van der Waals surface area contributed by atoms with E-state index in [1.165, 1.54) is 5.56 Å². The van der Waals surface area contributed by atoms with Crippen LogP contribution in [0.3, 0.4) is 0 Å². The Labute approximate surface area is 159 Å². The molecular formula is C21H28FNO4. The molecule has 4 rings (SSSR count). The zero-order valence-electron chi connectivity index (χ0n) is 15.6. The first-order chi connectivity index (χ1) is 13.0. The van der Waals surface area contributed by atoms with Crippen LogP contribution in [-0.4, -0.2) is 37.4 Å². The first-order valence-corrected chi connectivity index (χ1v) is 9.52. The summed E-state index contributed by atoms with van der Waals surface area (Å²) in [4.78, 5) is 10.7. The highest BCUT2D eigenvalue weighted by atomic mass is 19.1. The van der Waals surface area contributed by atoms with E-state index in [-0.39, 0.29) is 30.6 Å². The number of hydrogen-bond donors (Lipinski definition) is 2. The molecule has 3 aliphatic rings. The van der Waals surface area contributed by atoms with Crippen LogP contribution in [0.25, 0.3) is 0 Å². The average molecular weight is 377 g/mol. The van der Waals surface area contributed by atoms with Gasteiger partial charge in [0.1, 0.15) is 19.0 Å². The highest BCUT2D eigenvalue weighted by Gasteiger charge is 2.49. The van der Waals surface area contributed by atoms with Crippen LogP contribution in [0.2, 0.25) is 0 Å². The lowest BCUT2D eigenvalue weighted by atomic mass is 9.52. The third kappa shape index (κ3) is 4.50. The van der Waals surface area contributed by atoms with Gasteiger partial charge in [-0.3, -0.25) is 0 Å². The zero-order valence-corrected chi connectivity index (χ0v) is 15.6. The maximum Gasteiger partial charge on any atom is 0.329 e. The molecule has 3 N–H and O–H groups in total. The van der Waals surface area contributed by atoms with Gasteiger partial charge in [0, 0.05) is 12.1 Å². The third-order valence-electron chi connectivity index (χ3n) is 6.34. The fourth-order valence-corrected chi connectivity index (χ4v) is 4.48. The number of carboxylic acids is 1. The van der Waals surface area contributed by atoms with Crippen molar-refractivity contribution in [3.05, 3.63) is 41.7 Å². The maximum atomic E-state index is 12.6. The summed E-state index contributed by atoms with van der Waals surface area (Å²) in [5.74, 6) is -0.193. The lowest BCUT2D eigenvalue weighted by molar-refractivity contribution is -0.144. The quantitative estimate of drug-likeness (QED) is 0.687. The van der Waals surface area contributed by atoms with Crippen molar-refractivity contribution in [2.45, 2.75) is 43.9 Å². The molecule has 3 fully saturated rings. The normalized spacial score (nSPS) is 27.6. The first kappa shape index (κ1) is 19.8. The van der Waals surface area contributed by atoms with Crippen LogP contribution in [0.1, 0.15) is 44.1 Å². The van der Waals surface area contributed by atoms with E-state index in [1.54, 1.807) is 0 Å². The van der Waals surface area contributed by atoms with E-state index >= 15 is 0 Å². The van der Waals surface area contributed by atoms with Crippen molar-refractivity contribution in [2.24, 2.45) is 11.1 Å². The summed E-state index contributed by atoms with van der Waals surface area (Å²) < 4.78 is 23.6. The standard InChI is InChI=1S/C21H28FNO4/c22-11-16(12-23)13-27-18-3-1-17(2-4-18)21-8-5-20(6-9-21,7-10-21)15-26-14-19(24)25/h1-4,11H,5-10,12-15,23H2,(H,24,25)/b16-11+. The second kappa shape index (κ2) is 8.40. The Morgan fingerprint density at radius 2 is 1.74 bits per heavy atom. The topological polar surface area (TPSA) is 81.8 Å². The predicted molar refractivity (Wildman–Crippen MR) is 100 cm³/mol. The zero-order chi connectivity index (χ0) is 19.3. The molecule has 0 radical (unpaired) electrons. The van der Waals surface area contributed by atoms with Gasteiger partial charge in [0.05, 0.1) is 12.9 Å². The number of carbonyl (C=O) groups is 1. The van der Waals surface area contributed by atoms with E-state index in [0.717, 1.165) is 38.5 Å². The molecule has 0 amide bonds. The van der Waals surface area contributed by atoms with Gasteiger partial charge in [-0.15, -0.1) is 0 Å². The van der Waals surface area contributed by atoms with Crippen molar-refractivity contribution in [3.63, 3.8) is 0 Å². The highest BCUT2D eigenvalue weighted by Crippen LogP contribution is 2.57. The van der Waals surface area contributed by atoms with Crippen LogP contribution < -0.4 is 10.5 Å². The molecule has 1 aromatic carbocycles. The van der Waals surface area contributed by atoms with Gasteiger partial charge in [-0.2, -0.15) is 0 Å². The molecule has 6 heteroatoms. The Morgan fingerprint density at radius 3 is 2.26 bits per heavy atom. The largest absolute Gasteiger partial charge is 0.489 e. The number of carboxylic acid groups (broad SMARTS) is 1. The molecule has 0 aromatic heterocycles. The molecule has 3 aliphatic carbocycles. The van der Waals surface area contributed by atoms with Crippen LogP contribution in [-0.2, 0) is 14.9 Å². The van der Waals surface area contributed by atoms with Crippen molar-refractivity contribution in [2.75, 3.05) is 26.4 Å². The molecule has 5 nitrogen and oxygen atoms in total. The van der Waals surface area contributed by atoms with Gasteiger partial charge >= 0.3 is 5.97 Å². The minimum Gasteiger partial charge on any atom is -0.489 e. The number of benzene rings is 1. The van der Waals surface area contributed by atoms with Crippen molar-refractivity contribution >= 4 is 5.97 Å². The van der Waals surface area contributed by atoms with Crippen molar-refractivity contribution in [1.29, 1.82) is 0 Å². The van der Waals surface area contributed by atoms with Crippen LogP contribution in [0.5, 0.6) is 5.75 Å². The second-order valence-corrected chi connectivity index (χ2v) is 7.95. The Bertz CT molecular complexity index is 661. The Morgan fingerprint density at radius 1 is 1.11 bits per heavy atom. The van der Waals surface area contributed by atoms with Gasteiger partial charge < -0.3 is 20.3 Å². The minimum absolute atomic E-state index is 0.148. The van der Waals surface area contributed by atoms with E-state index in [4.69, 9.17) is 20.3 Å². The lowest BCUT2D eigenvalue weighted by Crippen LogP contribution is -2.46. The number of rotatable bonds is 9. The third-order valence-corrected chi connectivity index (χ3v) is 6.34. The molecule has 27 heavy (non-hydrogen) atoms. The summed E-state index contributed by atoms with van der Waals surface area (Å²) in [7, 11) is 0. The van der Waals surface area contributed by atoms with Crippen LogP contribution in [0, 0.1) is 5.41 Å². The van der Waals surface area contributed by atoms with E-state index in [1.807, 2.05) is 12.1 Å². The Hall–Kier alpha value is -1.92. The molecule has 0 unspecified atom stereocenters. The first-order valence-electron chi connectivity index (χ1n) is 9.52. The predicted octanol–water partition coefficient (Wildman–Crippen LogP) is 3.57. The molecule has 1 aromatic rings. The van der Waals surface area contributed by atoms with Crippen LogP contribution in [0.15, 0.2) is 36.2 Å². The number of halogens is 1. The van der Waals surface area contributed by atoms with Gasteiger partial charge in [0.2, 0.25) is 0 Å². The maximum absolute atomic E-state index is 12.6. The van der Waals surface area contributed by atoms with E-state index in [0.29, 0.717) is 24.3 Å². The van der Waals surface area contributed by atoms with E-state index in [2.05, 4.69) is 12.1 Å². The second-order valence-electron chi connectivity index (χ2n) is 7.95. The smallest absolute Gasteiger partial charge is 0.329 e. The van der Waals surface area contributed by atoms with Gasteiger partial charge in [-0.05, 0) is 67.1 Å². The fourth-order valence-electron chi connectivity index (χ4n) is 4.48. The average Bonchev–Trinajstić information content (AvgIpc) is 2.70.